The normalized spacial score (nSPS) is 10.3. The number of hydrogen-bond donors (Lipinski definition) is 2. The van der Waals surface area contributed by atoms with Crippen LogP contribution in [-0.4, -0.2) is 23.2 Å². The average Bonchev–Trinajstić information content (AvgIpc) is 2.49. The van der Waals surface area contributed by atoms with E-state index in [0.29, 0.717) is 12.3 Å². The summed E-state index contributed by atoms with van der Waals surface area (Å²) in [6, 6.07) is 11.4. The Morgan fingerprint density at radius 3 is 2.45 bits per heavy atom. The molecule has 0 atom stereocenters. The molecule has 0 unspecified atom stereocenters. The van der Waals surface area contributed by atoms with Gasteiger partial charge in [0.1, 0.15) is 11.6 Å². The van der Waals surface area contributed by atoms with E-state index in [4.69, 9.17) is 0 Å². The van der Waals surface area contributed by atoms with Gasteiger partial charge in [0, 0.05) is 25.2 Å². The van der Waals surface area contributed by atoms with Gasteiger partial charge in [-0.15, -0.1) is 0 Å². The average molecular weight is 271 g/mol. The summed E-state index contributed by atoms with van der Waals surface area (Å²) in [5.41, 5.74) is 1.82. The molecule has 20 heavy (non-hydrogen) atoms. The third-order valence-electron chi connectivity index (χ3n) is 3.31. The summed E-state index contributed by atoms with van der Waals surface area (Å²) >= 11 is 0. The Kier molecular flexibility index (Phi) is 4.82. The molecule has 0 aliphatic carbocycles. The van der Waals surface area contributed by atoms with Gasteiger partial charge in [-0.3, -0.25) is 0 Å². The smallest absolute Gasteiger partial charge is 0.128 e. The summed E-state index contributed by atoms with van der Waals surface area (Å²) in [6.45, 7) is 6.73. The fourth-order valence-electron chi connectivity index (χ4n) is 2.08. The molecule has 1 aromatic carbocycles. The minimum absolute atomic E-state index is 0.313. The van der Waals surface area contributed by atoms with Crippen molar-refractivity contribution in [3.8, 4) is 5.75 Å². The van der Waals surface area contributed by atoms with E-state index in [2.05, 4.69) is 29.0 Å². The van der Waals surface area contributed by atoms with Crippen LogP contribution >= 0.6 is 0 Å². The zero-order chi connectivity index (χ0) is 14.4. The zero-order valence-electron chi connectivity index (χ0n) is 12.0. The highest BCUT2D eigenvalue weighted by Gasteiger charge is 2.03. The van der Waals surface area contributed by atoms with Crippen LogP contribution in [0.2, 0.25) is 0 Å². The van der Waals surface area contributed by atoms with E-state index in [1.54, 1.807) is 6.07 Å². The number of nitrogens with zero attached hydrogens (tertiary/aromatic N) is 2. The Labute approximate surface area is 120 Å². The van der Waals surface area contributed by atoms with Gasteiger partial charge >= 0.3 is 0 Å². The quantitative estimate of drug-likeness (QED) is 0.846. The van der Waals surface area contributed by atoms with Gasteiger partial charge in [0.15, 0.2) is 0 Å². The Balaban J connectivity index is 1.99. The van der Waals surface area contributed by atoms with Gasteiger partial charge in [-0.05, 0) is 32.0 Å². The van der Waals surface area contributed by atoms with Gasteiger partial charge in [-0.25, -0.2) is 4.98 Å². The molecular formula is C16H21N3O. The number of aromatic nitrogens is 1. The lowest BCUT2D eigenvalue weighted by Crippen LogP contribution is -2.22. The molecule has 2 N–H and O–H groups in total. The van der Waals surface area contributed by atoms with Gasteiger partial charge in [0.05, 0.1) is 11.9 Å². The SMILES string of the molecule is CCN(CC)c1ccc(NCc2ccccc2O)cn1. The highest BCUT2D eigenvalue weighted by Crippen LogP contribution is 2.18. The number of pyridine rings is 1. The molecule has 0 fully saturated rings. The fourth-order valence-corrected chi connectivity index (χ4v) is 2.08. The zero-order valence-corrected chi connectivity index (χ0v) is 12.0. The lowest BCUT2D eigenvalue weighted by molar-refractivity contribution is 0.469. The summed E-state index contributed by atoms with van der Waals surface area (Å²) < 4.78 is 0. The number of phenolic OH excluding ortho intramolecular Hbond substituents is 1. The summed E-state index contributed by atoms with van der Waals surface area (Å²) in [5.74, 6) is 1.30. The molecule has 0 saturated heterocycles. The molecular weight excluding hydrogens is 250 g/mol. The van der Waals surface area contributed by atoms with Crippen LogP contribution in [0.3, 0.4) is 0 Å². The molecule has 0 radical (unpaired) electrons. The second-order valence-corrected chi connectivity index (χ2v) is 4.56. The number of nitrogens with one attached hydrogen (secondary N) is 1. The largest absolute Gasteiger partial charge is 0.508 e. The van der Waals surface area contributed by atoms with Crippen LogP contribution in [0.4, 0.5) is 11.5 Å². The standard InChI is InChI=1S/C16H21N3O/c1-3-19(4-2)16-10-9-14(12-18-16)17-11-13-7-5-6-8-15(13)20/h5-10,12,17,20H,3-4,11H2,1-2H3. The number of rotatable bonds is 6. The van der Waals surface area contributed by atoms with Crippen molar-refractivity contribution >= 4 is 11.5 Å². The Morgan fingerprint density at radius 2 is 1.85 bits per heavy atom. The first kappa shape index (κ1) is 14.2. The number of benzene rings is 1. The Bertz CT molecular complexity index is 536. The van der Waals surface area contributed by atoms with E-state index in [0.717, 1.165) is 30.2 Å². The van der Waals surface area contributed by atoms with Crippen molar-refractivity contribution < 1.29 is 5.11 Å². The minimum atomic E-state index is 0.313. The molecule has 0 spiro atoms. The van der Waals surface area contributed by atoms with E-state index in [1.807, 2.05) is 36.5 Å². The van der Waals surface area contributed by atoms with Gasteiger partial charge in [-0.1, -0.05) is 18.2 Å². The molecule has 4 heteroatoms. The molecule has 4 nitrogen and oxygen atoms in total. The summed E-state index contributed by atoms with van der Waals surface area (Å²) in [7, 11) is 0. The summed E-state index contributed by atoms with van der Waals surface area (Å²) in [6.07, 6.45) is 1.83. The molecule has 0 aliphatic heterocycles. The number of phenols is 1. The second-order valence-electron chi connectivity index (χ2n) is 4.56. The molecule has 2 aromatic rings. The van der Waals surface area contributed by atoms with E-state index in [9.17, 15) is 5.11 Å². The number of anilines is 2. The van der Waals surface area contributed by atoms with Crippen LogP contribution in [0.1, 0.15) is 19.4 Å². The second kappa shape index (κ2) is 6.80. The first-order valence-corrected chi connectivity index (χ1v) is 6.96. The van der Waals surface area contributed by atoms with Crippen LogP contribution < -0.4 is 10.2 Å². The number of aromatic hydroxyl groups is 1. The molecule has 1 heterocycles. The van der Waals surface area contributed by atoms with Crippen LogP contribution in [0.25, 0.3) is 0 Å². The third kappa shape index (κ3) is 3.41. The molecule has 106 valence electrons. The molecule has 0 amide bonds. The van der Waals surface area contributed by atoms with E-state index in [-0.39, 0.29) is 0 Å². The van der Waals surface area contributed by atoms with Crippen LogP contribution in [0.5, 0.6) is 5.75 Å². The van der Waals surface area contributed by atoms with Crippen molar-refractivity contribution in [3.05, 3.63) is 48.2 Å². The van der Waals surface area contributed by atoms with E-state index >= 15 is 0 Å². The maximum Gasteiger partial charge on any atom is 0.128 e. The van der Waals surface area contributed by atoms with Crippen molar-refractivity contribution in [2.24, 2.45) is 0 Å². The first-order valence-electron chi connectivity index (χ1n) is 6.96. The molecule has 2 rings (SSSR count). The maximum atomic E-state index is 9.71. The minimum Gasteiger partial charge on any atom is -0.508 e. The Hall–Kier alpha value is -2.23. The van der Waals surface area contributed by atoms with Gasteiger partial charge < -0.3 is 15.3 Å². The van der Waals surface area contributed by atoms with Gasteiger partial charge in [0.25, 0.3) is 0 Å². The highest BCUT2D eigenvalue weighted by atomic mass is 16.3. The predicted octanol–water partition coefficient (Wildman–Crippen LogP) is 3.25. The van der Waals surface area contributed by atoms with Crippen molar-refractivity contribution in [2.75, 3.05) is 23.3 Å². The number of para-hydroxylation sites is 1. The van der Waals surface area contributed by atoms with E-state index < -0.39 is 0 Å². The highest BCUT2D eigenvalue weighted by molar-refractivity contribution is 5.49. The first-order chi connectivity index (χ1) is 9.74. The summed E-state index contributed by atoms with van der Waals surface area (Å²) in [5, 5.41) is 13.0. The van der Waals surface area contributed by atoms with Crippen molar-refractivity contribution in [2.45, 2.75) is 20.4 Å². The maximum absolute atomic E-state index is 9.71. The van der Waals surface area contributed by atoms with Crippen molar-refractivity contribution in [1.29, 1.82) is 0 Å². The topological polar surface area (TPSA) is 48.4 Å². The van der Waals surface area contributed by atoms with Crippen LogP contribution in [0, 0.1) is 0 Å². The molecule has 0 aliphatic rings. The lowest BCUT2D eigenvalue weighted by Gasteiger charge is -2.19. The van der Waals surface area contributed by atoms with Crippen LogP contribution in [-0.2, 0) is 6.54 Å². The molecule has 1 aromatic heterocycles. The van der Waals surface area contributed by atoms with Crippen LogP contribution in [0.15, 0.2) is 42.6 Å². The van der Waals surface area contributed by atoms with Gasteiger partial charge in [-0.2, -0.15) is 0 Å². The Morgan fingerprint density at radius 1 is 1.10 bits per heavy atom. The predicted molar refractivity (Wildman–Crippen MR) is 83.2 cm³/mol. The third-order valence-corrected chi connectivity index (χ3v) is 3.31. The summed E-state index contributed by atoms with van der Waals surface area (Å²) in [4.78, 5) is 6.66. The van der Waals surface area contributed by atoms with Crippen molar-refractivity contribution in [3.63, 3.8) is 0 Å². The monoisotopic (exact) mass is 271 g/mol. The lowest BCUT2D eigenvalue weighted by atomic mass is 10.2. The fraction of sp³-hybridized carbons (Fsp3) is 0.312. The van der Waals surface area contributed by atoms with E-state index in [1.165, 1.54) is 0 Å². The van der Waals surface area contributed by atoms with Crippen molar-refractivity contribution in [1.82, 2.24) is 4.98 Å². The number of hydrogen-bond acceptors (Lipinski definition) is 4. The molecule has 0 bridgehead atoms. The van der Waals surface area contributed by atoms with Gasteiger partial charge in [0.2, 0.25) is 0 Å². The molecule has 0 saturated carbocycles.